The Hall–Kier alpha value is -3.19. The van der Waals surface area contributed by atoms with Crippen molar-refractivity contribution in [2.24, 2.45) is 5.73 Å². The Morgan fingerprint density at radius 1 is 1.06 bits per heavy atom. The second kappa shape index (κ2) is 10.9. The van der Waals surface area contributed by atoms with Crippen molar-refractivity contribution >= 4 is 6.09 Å². The molecule has 0 aliphatic heterocycles. The summed E-state index contributed by atoms with van der Waals surface area (Å²) in [5.41, 5.74) is 9.18. The van der Waals surface area contributed by atoms with E-state index in [-0.39, 0.29) is 6.04 Å². The first-order valence-electron chi connectivity index (χ1n) is 11.0. The predicted octanol–water partition coefficient (Wildman–Crippen LogP) is 5.02. The minimum absolute atomic E-state index is 0.321. The van der Waals surface area contributed by atoms with Gasteiger partial charge in [0, 0.05) is 13.0 Å². The van der Waals surface area contributed by atoms with Crippen molar-refractivity contribution in [3.8, 4) is 11.1 Å². The molecule has 7 nitrogen and oxygen atoms in total. The van der Waals surface area contributed by atoms with Crippen molar-refractivity contribution in [2.45, 2.75) is 58.1 Å². The van der Waals surface area contributed by atoms with E-state index in [0.717, 1.165) is 18.4 Å². The number of carbonyl (C=O) groups is 1. The van der Waals surface area contributed by atoms with Crippen LogP contribution < -0.4 is 11.1 Å². The first kappa shape index (κ1) is 23.5. The monoisotopic (exact) mass is 436 g/mol. The van der Waals surface area contributed by atoms with Crippen LogP contribution in [0.5, 0.6) is 0 Å². The van der Waals surface area contributed by atoms with Gasteiger partial charge in [0.1, 0.15) is 5.60 Å². The molecule has 0 saturated carbocycles. The topological polar surface area (TPSA) is 103 Å². The zero-order valence-electron chi connectivity index (χ0n) is 19.0. The van der Waals surface area contributed by atoms with Gasteiger partial charge >= 0.3 is 6.09 Å². The summed E-state index contributed by atoms with van der Waals surface area (Å²) >= 11 is 0. The van der Waals surface area contributed by atoms with Gasteiger partial charge in [0.25, 0.3) is 0 Å². The van der Waals surface area contributed by atoms with Crippen LogP contribution in [-0.4, -0.2) is 28.4 Å². The van der Waals surface area contributed by atoms with E-state index in [1.54, 1.807) is 0 Å². The lowest BCUT2D eigenvalue weighted by Gasteiger charge is -2.19. The Kier molecular flexibility index (Phi) is 8.00. The molecule has 1 unspecified atom stereocenters. The minimum atomic E-state index is -0.494. The Morgan fingerprint density at radius 3 is 2.44 bits per heavy atom. The van der Waals surface area contributed by atoms with Crippen molar-refractivity contribution in [1.82, 2.24) is 15.5 Å². The molecule has 0 spiro atoms. The number of carbonyl (C=O) groups excluding carboxylic acids is 1. The van der Waals surface area contributed by atoms with E-state index < -0.39 is 11.7 Å². The number of amides is 1. The molecule has 1 heterocycles. The van der Waals surface area contributed by atoms with E-state index in [2.05, 4.69) is 51.9 Å². The first-order valence-corrected chi connectivity index (χ1v) is 11.0. The first-order chi connectivity index (χ1) is 15.3. The van der Waals surface area contributed by atoms with Gasteiger partial charge in [0.15, 0.2) is 5.82 Å². The van der Waals surface area contributed by atoms with Crippen molar-refractivity contribution in [3.05, 3.63) is 71.9 Å². The van der Waals surface area contributed by atoms with Gasteiger partial charge in [-0.15, -0.1) is 0 Å². The van der Waals surface area contributed by atoms with Crippen LogP contribution in [-0.2, 0) is 11.2 Å². The standard InChI is InChI=1S/C25H32N4O3/c1-25(2,3)31-24(30)27-16-8-7-11-21(26)23-28-22(29-32-23)17-18-12-14-20(15-13-18)19-9-5-4-6-10-19/h4-6,9-10,12-15,21H,7-8,11,16-17,26H2,1-3H3,(H,27,30). The van der Waals surface area contributed by atoms with Gasteiger partial charge in [-0.3, -0.25) is 0 Å². The van der Waals surface area contributed by atoms with Gasteiger partial charge in [-0.1, -0.05) is 59.8 Å². The van der Waals surface area contributed by atoms with Crippen molar-refractivity contribution in [2.75, 3.05) is 6.54 Å². The molecule has 32 heavy (non-hydrogen) atoms. The number of aromatic nitrogens is 2. The lowest BCUT2D eigenvalue weighted by atomic mass is 10.0. The number of hydrogen-bond donors (Lipinski definition) is 2. The number of benzene rings is 2. The van der Waals surface area contributed by atoms with Crippen LogP contribution in [0.4, 0.5) is 4.79 Å². The van der Waals surface area contributed by atoms with Gasteiger partial charge in [0.05, 0.1) is 6.04 Å². The molecule has 0 aliphatic carbocycles. The maximum Gasteiger partial charge on any atom is 0.407 e. The highest BCUT2D eigenvalue weighted by Crippen LogP contribution is 2.21. The van der Waals surface area contributed by atoms with Crippen LogP contribution in [0.15, 0.2) is 59.1 Å². The summed E-state index contributed by atoms with van der Waals surface area (Å²) in [6.07, 6.45) is 2.51. The molecule has 1 atom stereocenters. The van der Waals surface area contributed by atoms with E-state index in [0.29, 0.717) is 31.1 Å². The Bertz CT molecular complexity index is 978. The average Bonchev–Trinajstić information content (AvgIpc) is 3.22. The number of ether oxygens (including phenoxy) is 1. The summed E-state index contributed by atoms with van der Waals surface area (Å²) in [5.74, 6) is 1.07. The third kappa shape index (κ3) is 7.50. The quantitative estimate of drug-likeness (QED) is 0.456. The normalized spacial score (nSPS) is 12.4. The molecule has 1 amide bonds. The molecule has 0 radical (unpaired) electrons. The van der Waals surface area contributed by atoms with E-state index >= 15 is 0 Å². The number of alkyl carbamates (subject to hydrolysis) is 1. The summed E-state index contributed by atoms with van der Waals surface area (Å²) < 4.78 is 10.6. The third-order valence-corrected chi connectivity index (χ3v) is 4.83. The van der Waals surface area contributed by atoms with Crippen LogP contribution in [0.25, 0.3) is 11.1 Å². The predicted molar refractivity (Wildman–Crippen MR) is 124 cm³/mol. The zero-order valence-corrected chi connectivity index (χ0v) is 19.0. The van der Waals surface area contributed by atoms with E-state index in [4.69, 9.17) is 15.0 Å². The summed E-state index contributed by atoms with van der Waals surface area (Å²) in [6.45, 7) is 6.05. The molecule has 3 rings (SSSR count). The van der Waals surface area contributed by atoms with Crippen molar-refractivity contribution in [1.29, 1.82) is 0 Å². The average molecular weight is 437 g/mol. The van der Waals surface area contributed by atoms with Crippen LogP contribution in [0, 0.1) is 0 Å². The maximum absolute atomic E-state index is 11.6. The number of hydrogen-bond acceptors (Lipinski definition) is 6. The SMILES string of the molecule is CC(C)(C)OC(=O)NCCCCC(N)c1nc(Cc2ccc(-c3ccccc3)cc2)no1. The van der Waals surface area contributed by atoms with Gasteiger partial charge in [-0.05, 0) is 56.7 Å². The largest absolute Gasteiger partial charge is 0.444 e. The molecule has 2 aromatic carbocycles. The van der Waals surface area contributed by atoms with E-state index in [9.17, 15) is 4.79 Å². The minimum Gasteiger partial charge on any atom is -0.444 e. The molecule has 0 fully saturated rings. The lowest BCUT2D eigenvalue weighted by molar-refractivity contribution is 0.0527. The number of nitrogens with two attached hydrogens (primary N) is 1. The maximum atomic E-state index is 11.6. The third-order valence-electron chi connectivity index (χ3n) is 4.83. The Morgan fingerprint density at radius 2 is 1.75 bits per heavy atom. The summed E-state index contributed by atoms with van der Waals surface area (Å²) in [4.78, 5) is 16.1. The van der Waals surface area contributed by atoms with Crippen molar-refractivity contribution < 1.29 is 14.1 Å². The van der Waals surface area contributed by atoms with Gasteiger partial charge in [0.2, 0.25) is 5.89 Å². The van der Waals surface area contributed by atoms with Crippen LogP contribution >= 0.6 is 0 Å². The van der Waals surface area contributed by atoms with Crippen LogP contribution in [0.1, 0.15) is 63.4 Å². The Labute approximate surface area is 189 Å². The smallest absolute Gasteiger partial charge is 0.407 e. The van der Waals surface area contributed by atoms with Crippen LogP contribution in [0.3, 0.4) is 0 Å². The summed E-state index contributed by atoms with van der Waals surface area (Å²) in [7, 11) is 0. The highest BCUT2D eigenvalue weighted by molar-refractivity contribution is 5.67. The van der Waals surface area contributed by atoms with Gasteiger partial charge in [-0.25, -0.2) is 4.79 Å². The number of rotatable bonds is 9. The van der Waals surface area contributed by atoms with Gasteiger partial charge in [-0.2, -0.15) is 4.98 Å². The zero-order chi connectivity index (χ0) is 23.0. The van der Waals surface area contributed by atoms with E-state index in [1.807, 2.05) is 39.0 Å². The molecule has 3 N–H and O–H groups in total. The molecule has 1 aromatic heterocycles. The molecule has 7 heteroatoms. The van der Waals surface area contributed by atoms with E-state index in [1.165, 1.54) is 11.1 Å². The summed E-state index contributed by atoms with van der Waals surface area (Å²) in [5, 5.41) is 6.82. The molecule has 0 bridgehead atoms. The highest BCUT2D eigenvalue weighted by Gasteiger charge is 2.17. The number of nitrogens with zero attached hydrogens (tertiary/aromatic N) is 2. The fourth-order valence-electron chi connectivity index (χ4n) is 3.24. The van der Waals surface area contributed by atoms with Crippen LogP contribution in [0.2, 0.25) is 0 Å². The molecule has 0 saturated heterocycles. The fraction of sp³-hybridized carbons (Fsp3) is 0.400. The van der Waals surface area contributed by atoms with Gasteiger partial charge < -0.3 is 20.3 Å². The lowest BCUT2D eigenvalue weighted by Crippen LogP contribution is -2.33. The second-order valence-electron chi connectivity index (χ2n) is 8.82. The molecular weight excluding hydrogens is 404 g/mol. The second-order valence-corrected chi connectivity index (χ2v) is 8.82. The highest BCUT2D eigenvalue weighted by atomic mass is 16.6. The molecule has 0 aliphatic rings. The molecule has 3 aromatic rings. The Balaban J connectivity index is 1.41. The summed E-state index contributed by atoms with van der Waals surface area (Å²) in [6, 6.07) is 18.3. The number of nitrogens with one attached hydrogen (secondary N) is 1. The molecule has 170 valence electrons. The fourth-order valence-corrected chi connectivity index (χ4v) is 3.24. The number of unbranched alkanes of at least 4 members (excludes halogenated alkanes) is 1. The van der Waals surface area contributed by atoms with Crippen molar-refractivity contribution in [3.63, 3.8) is 0 Å². The molecular formula is C25H32N4O3.